The third kappa shape index (κ3) is 59.0. The number of aliphatic hydroxyl groups excluding tert-OH is 1. The van der Waals surface area contributed by atoms with Crippen LogP contribution in [0.1, 0.15) is 324 Å². The normalized spacial score (nSPS) is 14.3. The van der Waals surface area contributed by atoms with Gasteiger partial charge in [-0.15, -0.1) is 0 Å². The second-order valence-corrected chi connectivity index (χ2v) is 27.4. The average molecular weight is 1240 g/mol. The molecule has 0 fully saturated rings. The average Bonchev–Trinajstić information content (AvgIpc) is 3.56. The maximum absolute atomic E-state index is 13.0. The molecule has 0 saturated carbocycles. The Balaban J connectivity index is 5.22. The highest BCUT2D eigenvalue weighted by Crippen LogP contribution is 2.45. The molecule has 0 saturated heterocycles. The number of carbonyl (C=O) groups is 4. The van der Waals surface area contributed by atoms with E-state index in [0.29, 0.717) is 31.6 Å². The number of esters is 4. The molecule has 0 bridgehead atoms. The molecule has 19 heteroatoms. The van der Waals surface area contributed by atoms with Crippen LogP contribution in [0.15, 0.2) is 0 Å². The van der Waals surface area contributed by atoms with Gasteiger partial charge in [0.2, 0.25) is 0 Å². The summed E-state index contributed by atoms with van der Waals surface area (Å²) in [6.07, 6.45) is 40.5. The van der Waals surface area contributed by atoms with Crippen LogP contribution >= 0.6 is 15.6 Å². The van der Waals surface area contributed by atoms with Gasteiger partial charge in [0.25, 0.3) is 0 Å². The summed E-state index contributed by atoms with van der Waals surface area (Å²) in [6, 6.07) is 0. The van der Waals surface area contributed by atoms with Crippen molar-refractivity contribution in [2.24, 2.45) is 11.8 Å². The van der Waals surface area contributed by atoms with Crippen LogP contribution in [0.5, 0.6) is 0 Å². The van der Waals surface area contributed by atoms with Gasteiger partial charge in [-0.1, -0.05) is 273 Å². The quantitative estimate of drug-likeness (QED) is 0.0222. The highest BCUT2D eigenvalue weighted by Gasteiger charge is 2.30. The summed E-state index contributed by atoms with van der Waals surface area (Å²) in [5, 5.41) is 10.5. The van der Waals surface area contributed by atoms with Gasteiger partial charge >= 0.3 is 39.5 Å². The summed E-state index contributed by atoms with van der Waals surface area (Å²) >= 11 is 0. The number of ether oxygens (including phenoxy) is 4. The van der Waals surface area contributed by atoms with Crippen LogP contribution in [-0.4, -0.2) is 96.7 Å². The first kappa shape index (κ1) is 82.1. The Bertz CT molecular complexity index is 1650. The van der Waals surface area contributed by atoms with Crippen LogP contribution in [-0.2, 0) is 65.4 Å². The van der Waals surface area contributed by atoms with Crippen LogP contribution in [0.4, 0.5) is 0 Å². The minimum Gasteiger partial charge on any atom is -0.462 e. The Labute approximate surface area is 511 Å². The third-order valence-electron chi connectivity index (χ3n) is 15.0. The number of rotatable bonds is 64. The monoisotopic (exact) mass is 1240 g/mol. The van der Waals surface area contributed by atoms with E-state index in [1.165, 1.54) is 135 Å². The van der Waals surface area contributed by atoms with E-state index >= 15 is 0 Å². The number of phosphoric ester groups is 2. The van der Waals surface area contributed by atoms with E-state index < -0.39 is 97.5 Å². The Kier molecular flexibility index (Phi) is 56.2. The topological polar surface area (TPSA) is 237 Å². The van der Waals surface area contributed by atoms with Crippen molar-refractivity contribution < 1.29 is 80.2 Å². The fourth-order valence-electron chi connectivity index (χ4n) is 9.71. The molecule has 498 valence electrons. The Morgan fingerprint density at radius 2 is 0.548 bits per heavy atom. The van der Waals surface area contributed by atoms with E-state index in [0.717, 1.165) is 102 Å². The van der Waals surface area contributed by atoms with Gasteiger partial charge in [0.05, 0.1) is 26.4 Å². The van der Waals surface area contributed by atoms with Crippen LogP contribution < -0.4 is 0 Å². The van der Waals surface area contributed by atoms with Crippen molar-refractivity contribution in [3.63, 3.8) is 0 Å². The van der Waals surface area contributed by atoms with Crippen molar-refractivity contribution in [2.45, 2.75) is 342 Å². The maximum atomic E-state index is 13.0. The Morgan fingerprint density at radius 3 is 0.810 bits per heavy atom. The summed E-state index contributed by atoms with van der Waals surface area (Å²) < 4.78 is 68.0. The van der Waals surface area contributed by atoms with Crippen molar-refractivity contribution in [3.8, 4) is 0 Å². The van der Waals surface area contributed by atoms with E-state index in [2.05, 4.69) is 41.5 Å². The van der Waals surface area contributed by atoms with E-state index in [4.69, 9.17) is 37.0 Å². The minimum absolute atomic E-state index is 0.102. The highest BCUT2D eigenvalue weighted by atomic mass is 31.2. The van der Waals surface area contributed by atoms with E-state index in [1.54, 1.807) is 0 Å². The molecule has 0 heterocycles. The Morgan fingerprint density at radius 1 is 0.321 bits per heavy atom. The first-order valence-electron chi connectivity index (χ1n) is 34.0. The molecule has 0 radical (unpaired) electrons. The zero-order chi connectivity index (χ0) is 62.2. The van der Waals surface area contributed by atoms with Crippen molar-refractivity contribution >= 4 is 39.5 Å². The maximum Gasteiger partial charge on any atom is 0.472 e. The smallest absolute Gasteiger partial charge is 0.462 e. The largest absolute Gasteiger partial charge is 0.472 e. The molecule has 17 nitrogen and oxygen atoms in total. The van der Waals surface area contributed by atoms with Gasteiger partial charge in [-0.2, -0.15) is 0 Å². The van der Waals surface area contributed by atoms with E-state index in [9.17, 15) is 43.2 Å². The van der Waals surface area contributed by atoms with Crippen LogP contribution in [0, 0.1) is 11.8 Å². The first-order valence-corrected chi connectivity index (χ1v) is 37.0. The van der Waals surface area contributed by atoms with Gasteiger partial charge in [0, 0.05) is 25.7 Å². The number of unbranched alkanes of at least 4 members (excludes halogenated alkanes) is 34. The molecule has 0 aliphatic heterocycles. The SMILES string of the molecule is CCCCCCCCCCCCCCCCCC(=O)O[C@H](COC(=O)CCCCCCCCCCCC(C)C)COP(=O)(O)OC[C@@H](O)COP(=O)(O)OC[C@@H](COC(=O)CCCCCCCCCC)OC(=O)CCCCCCCCC(C)C. The molecule has 0 aromatic carbocycles. The van der Waals surface area contributed by atoms with Crippen LogP contribution in [0.25, 0.3) is 0 Å². The lowest BCUT2D eigenvalue weighted by atomic mass is 10.0. The first-order chi connectivity index (χ1) is 40.4. The fourth-order valence-corrected chi connectivity index (χ4v) is 11.3. The predicted octanol–water partition coefficient (Wildman–Crippen LogP) is 18.0. The molecular weight excluding hydrogens is 1110 g/mol. The van der Waals surface area contributed by atoms with Gasteiger partial charge in [0.15, 0.2) is 12.2 Å². The molecule has 84 heavy (non-hydrogen) atoms. The molecule has 2 unspecified atom stereocenters. The fraction of sp³-hybridized carbons (Fsp3) is 0.938. The van der Waals surface area contributed by atoms with E-state index in [1.807, 2.05) is 0 Å². The van der Waals surface area contributed by atoms with Crippen molar-refractivity contribution in [3.05, 3.63) is 0 Å². The molecule has 3 N–H and O–H groups in total. The molecule has 0 rings (SSSR count). The standard InChI is InChI=1S/C65H126O17P2/c1-7-9-11-13-15-17-18-19-20-21-22-25-30-37-43-49-64(69)81-60(53-76-63(68)48-42-36-29-26-23-24-27-33-39-45-57(3)4)55-79-83(71,72)77-51-59(66)52-78-84(73,74)80-56-61(54-75-62(67)47-41-35-28-16-14-12-10-8-2)82-65(70)50-44-38-32-31-34-40-46-58(5)6/h57-61,66H,7-56H2,1-6H3,(H,71,72)(H,73,74)/t59-,60-,61-/m1/s1. The van der Waals surface area contributed by atoms with Gasteiger partial charge in [0.1, 0.15) is 19.3 Å². The Hall–Kier alpha value is -1.94. The molecule has 0 aromatic rings. The van der Waals surface area contributed by atoms with Crippen LogP contribution in [0.2, 0.25) is 0 Å². The second kappa shape index (κ2) is 57.5. The van der Waals surface area contributed by atoms with Crippen molar-refractivity contribution in [2.75, 3.05) is 39.6 Å². The predicted molar refractivity (Wildman–Crippen MR) is 335 cm³/mol. The lowest BCUT2D eigenvalue weighted by Gasteiger charge is -2.21. The number of carbonyl (C=O) groups excluding carboxylic acids is 4. The van der Waals surface area contributed by atoms with Gasteiger partial charge in [-0.25, -0.2) is 9.13 Å². The van der Waals surface area contributed by atoms with Gasteiger partial charge in [-0.3, -0.25) is 37.3 Å². The number of aliphatic hydroxyl groups is 1. The summed E-state index contributed by atoms with van der Waals surface area (Å²) in [5.74, 6) is -0.724. The molecule has 0 spiro atoms. The van der Waals surface area contributed by atoms with Gasteiger partial charge in [-0.05, 0) is 37.5 Å². The zero-order valence-electron chi connectivity index (χ0n) is 54.2. The molecule has 0 aliphatic rings. The number of hydrogen-bond acceptors (Lipinski definition) is 15. The summed E-state index contributed by atoms with van der Waals surface area (Å²) in [5.41, 5.74) is 0. The van der Waals surface area contributed by atoms with E-state index in [-0.39, 0.29) is 25.7 Å². The number of hydrogen-bond donors (Lipinski definition) is 3. The molecule has 0 aliphatic carbocycles. The summed E-state index contributed by atoms with van der Waals surface area (Å²) in [6.45, 7) is 9.37. The zero-order valence-corrected chi connectivity index (χ0v) is 56.0. The lowest BCUT2D eigenvalue weighted by Crippen LogP contribution is -2.30. The minimum atomic E-state index is -4.95. The third-order valence-corrected chi connectivity index (χ3v) is 16.9. The molecule has 0 aromatic heterocycles. The highest BCUT2D eigenvalue weighted by molar-refractivity contribution is 7.47. The van der Waals surface area contributed by atoms with Gasteiger partial charge < -0.3 is 33.8 Å². The summed E-state index contributed by atoms with van der Waals surface area (Å²) in [4.78, 5) is 72.2. The molecular formula is C65H126O17P2. The van der Waals surface area contributed by atoms with Crippen LogP contribution in [0.3, 0.4) is 0 Å². The molecule has 5 atom stereocenters. The van der Waals surface area contributed by atoms with Crippen molar-refractivity contribution in [1.29, 1.82) is 0 Å². The second-order valence-electron chi connectivity index (χ2n) is 24.5. The summed E-state index contributed by atoms with van der Waals surface area (Å²) in [7, 11) is -9.89. The molecule has 0 amide bonds. The number of phosphoric acid groups is 2. The lowest BCUT2D eigenvalue weighted by molar-refractivity contribution is -0.161. The van der Waals surface area contributed by atoms with Crippen molar-refractivity contribution in [1.82, 2.24) is 0 Å².